The smallest absolute Gasteiger partial charge is 0.262 e. The van der Waals surface area contributed by atoms with Crippen LogP contribution in [0.2, 0.25) is 0 Å². The summed E-state index contributed by atoms with van der Waals surface area (Å²) in [5.41, 5.74) is 8.54. The Kier molecular flexibility index (Phi) is 5.35. The van der Waals surface area contributed by atoms with E-state index in [1.165, 1.54) is 11.3 Å². The van der Waals surface area contributed by atoms with Crippen LogP contribution in [0.25, 0.3) is 16.0 Å². The van der Waals surface area contributed by atoms with Crippen LogP contribution in [0.4, 0.5) is 0 Å². The zero-order chi connectivity index (χ0) is 20.5. The second-order valence-electron chi connectivity index (χ2n) is 6.36. The van der Waals surface area contributed by atoms with Gasteiger partial charge in [-0.25, -0.2) is 4.98 Å². The maximum atomic E-state index is 12.0. The number of benzene rings is 1. The SMILES string of the molecule is C[C@@H](Oc1cc(-n2cnc3cnc(CO)cc32)sc1C(N)=O)c1ccccc1Br. The van der Waals surface area contributed by atoms with Crippen LogP contribution in [0.1, 0.15) is 34.0 Å². The number of pyridine rings is 1. The number of rotatable bonds is 6. The fraction of sp³-hybridized carbons (Fsp3) is 0.150. The average Bonchev–Trinajstić information content (AvgIpc) is 3.31. The summed E-state index contributed by atoms with van der Waals surface area (Å²) in [6.45, 7) is 1.74. The summed E-state index contributed by atoms with van der Waals surface area (Å²) in [5.74, 6) is -0.142. The first-order valence-corrected chi connectivity index (χ1v) is 10.4. The van der Waals surface area contributed by atoms with Gasteiger partial charge in [0.2, 0.25) is 0 Å². The third kappa shape index (κ3) is 3.76. The van der Waals surface area contributed by atoms with Gasteiger partial charge < -0.3 is 15.6 Å². The number of aliphatic hydroxyl groups excluding tert-OH is 1. The number of thiophene rings is 1. The van der Waals surface area contributed by atoms with Crippen molar-refractivity contribution in [2.45, 2.75) is 19.6 Å². The van der Waals surface area contributed by atoms with Crippen molar-refractivity contribution in [3.8, 4) is 10.8 Å². The highest BCUT2D eigenvalue weighted by molar-refractivity contribution is 9.10. The summed E-state index contributed by atoms with van der Waals surface area (Å²) in [6, 6.07) is 11.3. The maximum absolute atomic E-state index is 12.0. The lowest BCUT2D eigenvalue weighted by molar-refractivity contribution is 0.0998. The normalized spacial score (nSPS) is 12.2. The number of halogens is 1. The summed E-state index contributed by atoms with van der Waals surface area (Å²) in [7, 11) is 0. The average molecular weight is 473 g/mol. The van der Waals surface area contributed by atoms with Gasteiger partial charge in [0.1, 0.15) is 33.6 Å². The maximum Gasteiger partial charge on any atom is 0.262 e. The molecule has 1 aromatic carbocycles. The van der Waals surface area contributed by atoms with Gasteiger partial charge in [-0.05, 0) is 19.1 Å². The van der Waals surface area contributed by atoms with E-state index >= 15 is 0 Å². The minimum absolute atomic E-state index is 0.171. The fourth-order valence-corrected chi connectivity index (χ4v) is 4.55. The molecule has 3 heterocycles. The molecule has 3 N–H and O–H groups in total. The number of fused-ring (bicyclic) bond motifs is 1. The quantitative estimate of drug-likeness (QED) is 0.441. The van der Waals surface area contributed by atoms with Crippen molar-refractivity contribution >= 4 is 44.2 Å². The molecule has 29 heavy (non-hydrogen) atoms. The number of aromatic nitrogens is 3. The topological polar surface area (TPSA) is 103 Å². The molecule has 148 valence electrons. The molecule has 4 rings (SSSR count). The van der Waals surface area contributed by atoms with Crippen LogP contribution in [-0.4, -0.2) is 25.5 Å². The first kappa shape index (κ1) is 19.6. The minimum Gasteiger partial charge on any atom is -0.484 e. The number of ether oxygens (including phenoxy) is 1. The first-order chi connectivity index (χ1) is 14.0. The van der Waals surface area contributed by atoms with Crippen LogP contribution in [0, 0.1) is 0 Å². The van der Waals surface area contributed by atoms with E-state index in [0.29, 0.717) is 21.8 Å². The molecule has 4 aromatic rings. The Morgan fingerprint density at radius 3 is 2.86 bits per heavy atom. The molecule has 0 saturated heterocycles. The van der Waals surface area contributed by atoms with Gasteiger partial charge >= 0.3 is 0 Å². The molecule has 0 bridgehead atoms. The van der Waals surface area contributed by atoms with E-state index in [9.17, 15) is 9.90 Å². The van der Waals surface area contributed by atoms with Gasteiger partial charge in [0, 0.05) is 16.1 Å². The number of imidazole rings is 1. The lowest BCUT2D eigenvalue weighted by Gasteiger charge is -2.16. The van der Waals surface area contributed by atoms with Gasteiger partial charge in [-0.2, -0.15) is 0 Å². The zero-order valence-electron chi connectivity index (χ0n) is 15.4. The van der Waals surface area contributed by atoms with E-state index in [1.54, 1.807) is 24.7 Å². The fourth-order valence-electron chi connectivity index (χ4n) is 3.01. The zero-order valence-corrected chi connectivity index (χ0v) is 17.8. The van der Waals surface area contributed by atoms with E-state index in [-0.39, 0.29) is 12.7 Å². The van der Waals surface area contributed by atoms with Gasteiger partial charge in [0.25, 0.3) is 5.91 Å². The van der Waals surface area contributed by atoms with Crippen LogP contribution in [-0.2, 0) is 6.61 Å². The van der Waals surface area contributed by atoms with Gasteiger partial charge in [0.05, 0.1) is 24.0 Å². The van der Waals surface area contributed by atoms with Crippen LogP contribution in [0.3, 0.4) is 0 Å². The van der Waals surface area contributed by atoms with E-state index in [0.717, 1.165) is 20.6 Å². The van der Waals surface area contributed by atoms with Crippen molar-refractivity contribution in [2.24, 2.45) is 5.73 Å². The molecule has 0 unspecified atom stereocenters. The van der Waals surface area contributed by atoms with Crippen LogP contribution >= 0.6 is 27.3 Å². The monoisotopic (exact) mass is 472 g/mol. The van der Waals surface area contributed by atoms with Crippen molar-refractivity contribution < 1.29 is 14.6 Å². The summed E-state index contributed by atoms with van der Waals surface area (Å²) < 4.78 is 8.85. The number of nitrogens with zero attached hydrogens (tertiary/aromatic N) is 3. The number of aliphatic hydroxyl groups is 1. The predicted octanol–water partition coefficient (Wildman–Crippen LogP) is 3.98. The molecule has 0 aliphatic carbocycles. The highest BCUT2D eigenvalue weighted by atomic mass is 79.9. The third-order valence-electron chi connectivity index (χ3n) is 4.45. The van der Waals surface area contributed by atoms with Crippen molar-refractivity contribution in [1.29, 1.82) is 0 Å². The van der Waals surface area contributed by atoms with Gasteiger partial charge in [-0.3, -0.25) is 14.3 Å². The highest BCUT2D eigenvalue weighted by Gasteiger charge is 2.21. The number of hydrogen-bond donors (Lipinski definition) is 2. The number of primary amides is 1. The Bertz CT molecular complexity index is 1200. The molecule has 0 aliphatic heterocycles. The van der Waals surface area contributed by atoms with Crippen LogP contribution in [0.15, 0.2) is 53.4 Å². The molecule has 9 heteroatoms. The number of carbonyl (C=O) groups is 1. The van der Waals surface area contributed by atoms with Crippen LogP contribution < -0.4 is 10.5 Å². The van der Waals surface area contributed by atoms with E-state index in [4.69, 9.17) is 10.5 Å². The van der Waals surface area contributed by atoms with E-state index in [2.05, 4.69) is 25.9 Å². The highest BCUT2D eigenvalue weighted by Crippen LogP contribution is 2.36. The summed E-state index contributed by atoms with van der Waals surface area (Å²) >= 11 is 4.75. The lowest BCUT2D eigenvalue weighted by atomic mass is 10.1. The standard InChI is InChI=1S/C20H17BrN4O3S/c1-11(13-4-2-3-5-14(13)21)28-17-7-18(29-19(17)20(22)27)25-10-24-15-8-23-12(9-26)6-16(15)25/h2-8,10-11,26H,9H2,1H3,(H2,22,27)/t11-/m1/s1. The number of amides is 1. The molecule has 1 atom stereocenters. The van der Waals surface area contributed by atoms with E-state index < -0.39 is 5.91 Å². The van der Waals surface area contributed by atoms with Gasteiger partial charge in [-0.1, -0.05) is 34.1 Å². The first-order valence-electron chi connectivity index (χ1n) is 8.76. The van der Waals surface area contributed by atoms with Crippen LogP contribution in [0.5, 0.6) is 5.75 Å². The Hall–Kier alpha value is -2.75. The Morgan fingerprint density at radius 1 is 1.34 bits per heavy atom. The molecule has 7 nitrogen and oxygen atoms in total. The Balaban J connectivity index is 1.74. The Morgan fingerprint density at radius 2 is 2.14 bits per heavy atom. The Labute approximate surface area is 178 Å². The number of carbonyl (C=O) groups excluding carboxylic acids is 1. The van der Waals surface area contributed by atoms with Gasteiger partial charge in [-0.15, -0.1) is 11.3 Å². The third-order valence-corrected chi connectivity index (χ3v) is 6.30. The molecule has 0 fully saturated rings. The van der Waals surface area contributed by atoms with Gasteiger partial charge in [0.15, 0.2) is 0 Å². The van der Waals surface area contributed by atoms with Crippen molar-refractivity contribution in [3.63, 3.8) is 0 Å². The molecule has 0 radical (unpaired) electrons. The molecular formula is C20H17BrN4O3S. The van der Waals surface area contributed by atoms with Crippen molar-refractivity contribution in [1.82, 2.24) is 14.5 Å². The molecule has 3 aromatic heterocycles. The number of hydrogen-bond acceptors (Lipinski definition) is 6. The molecule has 1 amide bonds. The number of nitrogens with two attached hydrogens (primary N) is 1. The van der Waals surface area contributed by atoms with Crippen molar-refractivity contribution in [2.75, 3.05) is 0 Å². The molecule has 0 saturated carbocycles. The second kappa shape index (κ2) is 7.94. The molecule has 0 aliphatic rings. The largest absolute Gasteiger partial charge is 0.484 e. The van der Waals surface area contributed by atoms with Crippen molar-refractivity contribution in [3.05, 3.63) is 69.5 Å². The van der Waals surface area contributed by atoms with E-state index in [1.807, 2.05) is 35.8 Å². The summed E-state index contributed by atoms with van der Waals surface area (Å²) in [4.78, 5) is 20.8. The minimum atomic E-state index is -0.558. The molecular weight excluding hydrogens is 456 g/mol. The summed E-state index contributed by atoms with van der Waals surface area (Å²) in [5, 5.41) is 10.1. The lowest BCUT2D eigenvalue weighted by Crippen LogP contribution is -2.12. The predicted molar refractivity (Wildman–Crippen MR) is 114 cm³/mol. The molecule has 0 spiro atoms. The summed E-state index contributed by atoms with van der Waals surface area (Å²) in [6.07, 6.45) is 2.95. The second-order valence-corrected chi connectivity index (χ2v) is 8.25.